The fraction of sp³-hybridized carbons (Fsp3) is 0.409. The Balaban J connectivity index is 1.45. The fourth-order valence-corrected chi connectivity index (χ4v) is 4.67. The molecule has 2 aromatic rings. The molecule has 30 heavy (non-hydrogen) atoms. The lowest BCUT2D eigenvalue weighted by Crippen LogP contribution is -2.40. The lowest BCUT2D eigenvalue weighted by atomic mass is 10.1. The van der Waals surface area contributed by atoms with E-state index >= 15 is 0 Å². The summed E-state index contributed by atoms with van der Waals surface area (Å²) in [6.07, 6.45) is 0.604. The quantitative estimate of drug-likeness (QED) is 0.690. The van der Waals surface area contributed by atoms with E-state index in [-0.39, 0.29) is 17.4 Å². The summed E-state index contributed by atoms with van der Waals surface area (Å²) in [5.41, 5.74) is 3.09. The number of aryl methyl sites for hydroxylation is 2. The topological polar surface area (TPSA) is 84.9 Å². The first kappa shape index (κ1) is 22.3. The van der Waals surface area contributed by atoms with Gasteiger partial charge < -0.3 is 14.8 Å². The van der Waals surface area contributed by atoms with Crippen molar-refractivity contribution >= 4 is 15.9 Å². The summed E-state index contributed by atoms with van der Waals surface area (Å²) in [5.74, 6) is 0.509. The van der Waals surface area contributed by atoms with E-state index in [0.29, 0.717) is 45.0 Å². The number of benzene rings is 2. The van der Waals surface area contributed by atoms with E-state index in [2.05, 4.69) is 5.32 Å². The van der Waals surface area contributed by atoms with Crippen LogP contribution in [-0.4, -0.2) is 58.1 Å². The van der Waals surface area contributed by atoms with Gasteiger partial charge in [0.1, 0.15) is 5.75 Å². The van der Waals surface area contributed by atoms with Crippen molar-refractivity contribution in [2.75, 3.05) is 39.5 Å². The van der Waals surface area contributed by atoms with Crippen molar-refractivity contribution in [1.82, 2.24) is 9.62 Å². The normalized spacial score (nSPS) is 15.0. The largest absolute Gasteiger partial charge is 0.484 e. The van der Waals surface area contributed by atoms with E-state index in [1.54, 1.807) is 24.3 Å². The molecule has 0 radical (unpaired) electrons. The summed E-state index contributed by atoms with van der Waals surface area (Å²) in [5, 5.41) is 2.82. The van der Waals surface area contributed by atoms with Gasteiger partial charge in [-0.1, -0.05) is 29.8 Å². The molecule has 0 unspecified atom stereocenters. The number of hydrogen-bond acceptors (Lipinski definition) is 5. The molecule has 1 N–H and O–H groups in total. The Morgan fingerprint density at radius 1 is 1.10 bits per heavy atom. The Bertz CT molecular complexity index is 968. The van der Waals surface area contributed by atoms with Crippen LogP contribution in [-0.2, 0) is 26.0 Å². The standard InChI is InChI=1S/C22H28N2O5S/c1-17-3-8-21(18(2)15-17)29-16-22(25)23-10-9-19-4-6-20(7-5-19)30(26,27)24-11-13-28-14-12-24/h3-8,15H,9-14,16H2,1-2H3,(H,23,25). The SMILES string of the molecule is Cc1ccc(OCC(=O)NCCc2ccc(S(=O)(=O)N3CCOCC3)cc2)c(C)c1. The number of nitrogens with one attached hydrogen (secondary N) is 1. The highest BCUT2D eigenvalue weighted by Crippen LogP contribution is 2.19. The molecule has 1 aliphatic heterocycles. The Morgan fingerprint density at radius 2 is 1.80 bits per heavy atom. The number of carbonyl (C=O) groups is 1. The van der Waals surface area contributed by atoms with Crippen molar-refractivity contribution in [3.8, 4) is 5.75 Å². The molecule has 1 fully saturated rings. The minimum absolute atomic E-state index is 0.0410. The second-order valence-corrected chi connectivity index (χ2v) is 9.26. The molecule has 0 aliphatic carbocycles. The minimum Gasteiger partial charge on any atom is -0.484 e. The van der Waals surface area contributed by atoms with Gasteiger partial charge in [0.15, 0.2) is 6.61 Å². The molecule has 162 valence electrons. The average molecular weight is 433 g/mol. The summed E-state index contributed by atoms with van der Waals surface area (Å²) >= 11 is 0. The predicted octanol–water partition coefficient (Wildman–Crippen LogP) is 2.06. The highest BCUT2D eigenvalue weighted by atomic mass is 32.2. The van der Waals surface area contributed by atoms with Gasteiger partial charge in [-0.25, -0.2) is 8.42 Å². The van der Waals surface area contributed by atoms with Crippen LogP contribution < -0.4 is 10.1 Å². The molecule has 1 saturated heterocycles. The third kappa shape index (κ3) is 5.81. The van der Waals surface area contributed by atoms with Crippen LogP contribution in [0.5, 0.6) is 5.75 Å². The van der Waals surface area contributed by atoms with Gasteiger partial charge in [-0.05, 0) is 49.6 Å². The molecule has 0 bridgehead atoms. The maximum absolute atomic E-state index is 12.6. The van der Waals surface area contributed by atoms with Crippen LogP contribution in [0.15, 0.2) is 47.4 Å². The summed E-state index contributed by atoms with van der Waals surface area (Å²) in [4.78, 5) is 12.3. The number of ether oxygens (including phenoxy) is 2. The molecule has 1 heterocycles. The van der Waals surface area contributed by atoms with Crippen molar-refractivity contribution in [1.29, 1.82) is 0 Å². The van der Waals surface area contributed by atoms with Crippen LogP contribution in [0.4, 0.5) is 0 Å². The monoisotopic (exact) mass is 432 g/mol. The summed E-state index contributed by atoms with van der Waals surface area (Å²) in [6.45, 7) is 5.96. The second-order valence-electron chi connectivity index (χ2n) is 7.32. The summed E-state index contributed by atoms with van der Waals surface area (Å²) in [7, 11) is -3.49. The van der Waals surface area contributed by atoms with Crippen LogP contribution in [0, 0.1) is 13.8 Å². The fourth-order valence-electron chi connectivity index (χ4n) is 3.27. The zero-order valence-electron chi connectivity index (χ0n) is 17.4. The zero-order valence-corrected chi connectivity index (χ0v) is 18.2. The number of rotatable bonds is 8. The molecule has 0 atom stereocenters. The maximum atomic E-state index is 12.6. The van der Waals surface area contributed by atoms with Crippen LogP contribution in [0.1, 0.15) is 16.7 Å². The Labute approximate surface area is 178 Å². The number of nitrogens with zero attached hydrogens (tertiary/aromatic N) is 1. The zero-order chi connectivity index (χ0) is 21.6. The lowest BCUT2D eigenvalue weighted by Gasteiger charge is -2.26. The Morgan fingerprint density at radius 3 is 2.47 bits per heavy atom. The molecule has 0 aromatic heterocycles. The summed E-state index contributed by atoms with van der Waals surface area (Å²) < 4.78 is 37.5. The van der Waals surface area contributed by atoms with Gasteiger partial charge in [-0.3, -0.25) is 4.79 Å². The molecule has 1 aliphatic rings. The van der Waals surface area contributed by atoms with Gasteiger partial charge in [0.05, 0.1) is 18.1 Å². The maximum Gasteiger partial charge on any atom is 0.257 e. The highest BCUT2D eigenvalue weighted by molar-refractivity contribution is 7.89. The lowest BCUT2D eigenvalue weighted by molar-refractivity contribution is -0.123. The van der Waals surface area contributed by atoms with Gasteiger partial charge in [-0.2, -0.15) is 4.31 Å². The number of morpholine rings is 1. The molecular weight excluding hydrogens is 404 g/mol. The smallest absolute Gasteiger partial charge is 0.257 e. The van der Waals surface area contributed by atoms with Gasteiger partial charge in [0.25, 0.3) is 5.91 Å². The van der Waals surface area contributed by atoms with Crippen molar-refractivity contribution in [3.63, 3.8) is 0 Å². The van der Waals surface area contributed by atoms with Crippen LogP contribution in [0.25, 0.3) is 0 Å². The third-order valence-corrected chi connectivity index (χ3v) is 6.87. The van der Waals surface area contributed by atoms with Crippen molar-refractivity contribution in [3.05, 3.63) is 59.2 Å². The first-order valence-corrected chi connectivity index (χ1v) is 11.4. The third-order valence-electron chi connectivity index (χ3n) is 4.96. The first-order valence-electron chi connectivity index (χ1n) is 10.00. The second kappa shape index (κ2) is 10.1. The molecule has 3 rings (SSSR count). The molecule has 8 heteroatoms. The number of sulfonamides is 1. The van der Waals surface area contributed by atoms with Gasteiger partial charge >= 0.3 is 0 Å². The molecule has 7 nitrogen and oxygen atoms in total. The van der Waals surface area contributed by atoms with Gasteiger partial charge in [0.2, 0.25) is 10.0 Å². The molecule has 0 saturated carbocycles. The molecule has 1 amide bonds. The van der Waals surface area contributed by atoms with Crippen LogP contribution in [0.2, 0.25) is 0 Å². The van der Waals surface area contributed by atoms with E-state index in [9.17, 15) is 13.2 Å². The summed E-state index contributed by atoms with van der Waals surface area (Å²) in [6, 6.07) is 12.6. The Kier molecular flexibility index (Phi) is 7.47. The minimum atomic E-state index is -3.49. The predicted molar refractivity (Wildman–Crippen MR) is 114 cm³/mol. The number of hydrogen-bond donors (Lipinski definition) is 1. The van der Waals surface area contributed by atoms with E-state index in [0.717, 1.165) is 16.7 Å². The van der Waals surface area contributed by atoms with Gasteiger partial charge in [-0.15, -0.1) is 0 Å². The van der Waals surface area contributed by atoms with Crippen LogP contribution >= 0.6 is 0 Å². The molecular formula is C22H28N2O5S. The highest BCUT2D eigenvalue weighted by Gasteiger charge is 2.26. The van der Waals surface area contributed by atoms with Gasteiger partial charge in [0, 0.05) is 19.6 Å². The molecule has 2 aromatic carbocycles. The van der Waals surface area contributed by atoms with E-state index < -0.39 is 10.0 Å². The number of carbonyl (C=O) groups excluding carboxylic acids is 1. The van der Waals surface area contributed by atoms with E-state index in [4.69, 9.17) is 9.47 Å². The van der Waals surface area contributed by atoms with Crippen molar-refractivity contribution in [2.24, 2.45) is 0 Å². The number of amides is 1. The average Bonchev–Trinajstić information content (AvgIpc) is 2.74. The van der Waals surface area contributed by atoms with Crippen molar-refractivity contribution < 1.29 is 22.7 Å². The Hall–Kier alpha value is -2.42. The van der Waals surface area contributed by atoms with Crippen molar-refractivity contribution in [2.45, 2.75) is 25.2 Å². The first-order chi connectivity index (χ1) is 14.4. The molecule has 0 spiro atoms. The van der Waals surface area contributed by atoms with E-state index in [1.165, 1.54) is 4.31 Å². The van der Waals surface area contributed by atoms with Crippen LogP contribution in [0.3, 0.4) is 0 Å². The van der Waals surface area contributed by atoms with E-state index in [1.807, 2.05) is 32.0 Å².